The van der Waals surface area contributed by atoms with Crippen molar-refractivity contribution in [3.8, 4) is 0 Å². The van der Waals surface area contributed by atoms with Crippen LogP contribution in [0.25, 0.3) is 0 Å². The van der Waals surface area contributed by atoms with Gasteiger partial charge in [-0.3, -0.25) is 14.4 Å². The van der Waals surface area contributed by atoms with Crippen LogP contribution in [-0.4, -0.2) is 37.1 Å². The predicted molar refractivity (Wildman–Crippen MR) is 93.2 cm³/mol. The molecule has 0 atom stereocenters. The number of carbonyl (C=O) groups excluding carboxylic acids is 3. The van der Waals surface area contributed by atoms with E-state index in [9.17, 15) is 14.4 Å². The summed E-state index contributed by atoms with van der Waals surface area (Å²) in [6.07, 6.45) is 3.09. The van der Waals surface area contributed by atoms with Gasteiger partial charge in [-0.25, -0.2) is 14.8 Å². The van der Waals surface area contributed by atoms with E-state index >= 15 is 0 Å². The number of anilines is 2. The van der Waals surface area contributed by atoms with E-state index < -0.39 is 6.03 Å². The van der Waals surface area contributed by atoms with Gasteiger partial charge in [0, 0.05) is 18.2 Å². The number of urea groups is 1. The molecule has 0 bridgehead atoms. The Balaban J connectivity index is 1.89. The van der Waals surface area contributed by atoms with E-state index in [1.807, 2.05) is 0 Å². The Morgan fingerprint density at radius 2 is 1.80 bits per heavy atom. The first-order valence-electron chi connectivity index (χ1n) is 7.93. The Kier molecular flexibility index (Phi) is 4.78. The molecule has 1 aliphatic carbocycles. The molecule has 0 fully saturated rings. The van der Waals surface area contributed by atoms with Gasteiger partial charge in [0.05, 0.1) is 23.5 Å². The molecule has 1 heterocycles. The minimum absolute atomic E-state index is 0.284. The highest BCUT2D eigenvalue weighted by atomic mass is 35.5. The Morgan fingerprint density at radius 3 is 2.36 bits per heavy atom. The van der Waals surface area contributed by atoms with Crippen LogP contribution >= 0.6 is 11.6 Å². The van der Waals surface area contributed by atoms with Crippen molar-refractivity contribution in [1.82, 2.24) is 5.06 Å². The lowest BCUT2D eigenvalue weighted by Gasteiger charge is -2.19. The number of halogens is 1. The fraction of sp³-hybridized carbons (Fsp3) is 0.353. The standard InChI is InChI=1S/C17H18ClN3O4/c1-20(25-2)17(24)19-14-9-10(7-8-13(14)18)21-15(22)11-5-3-4-6-12(11)16(21)23/h7-9H,3-6H2,1-2H3,(H,19,24). The van der Waals surface area contributed by atoms with Gasteiger partial charge in [0.2, 0.25) is 0 Å². The Bertz CT molecular complexity index is 762. The zero-order chi connectivity index (χ0) is 18.1. The summed E-state index contributed by atoms with van der Waals surface area (Å²) in [4.78, 5) is 43.1. The number of hydrogen-bond donors (Lipinski definition) is 1. The fourth-order valence-electron chi connectivity index (χ4n) is 3.00. The molecule has 1 N–H and O–H groups in total. The van der Waals surface area contributed by atoms with Crippen LogP contribution in [0.1, 0.15) is 25.7 Å². The molecule has 132 valence electrons. The highest BCUT2D eigenvalue weighted by molar-refractivity contribution is 6.35. The molecule has 4 amide bonds. The second kappa shape index (κ2) is 6.85. The lowest BCUT2D eigenvalue weighted by molar-refractivity contribution is -0.120. The SMILES string of the molecule is CON(C)C(=O)Nc1cc(N2C(=O)C3=C(CCCC3)C2=O)ccc1Cl. The molecule has 1 aromatic carbocycles. The molecule has 1 aliphatic heterocycles. The second-order valence-corrected chi connectivity index (χ2v) is 6.29. The maximum Gasteiger partial charge on any atom is 0.345 e. The zero-order valence-electron chi connectivity index (χ0n) is 14.0. The molecule has 8 heteroatoms. The highest BCUT2D eigenvalue weighted by Crippen LogP contribution is 2.37. The second-order valence-electron chi connectivity index (χ2n) is 5.88. The average Bonchev–Trinajstić information content (AvgIpc) is 2.87. The van der Waals surface area contributed by atoms with E-state index in [0.29, 0.717) is 40.4 Å². The Hall–Kier alpha value is -2.38. The monoisotopic (exact) mass is 363 g/mol. The molecule has 1 aromatic rings. The van der Waals surface area contributed by atoms with Crippen LogP contribution in [0.15, 0.2) is 29.3 Å². The van der Waals surface area contributed by atoms with Crippen LogP contribution in [0.3, 0.4) is 0 Å². The summed E-state index contributed by atoms with van der Waals surface area (Å²) in [5, 5.41) is 3.87. The number of nitrogens with zero attached hydrogens (tertiary/aromatic N) is 2. The molecular weight excluding hydrogens is 346 g/mol. The quantitative estimate of drug-likeness (QED) is 0.661. The summed E-state index contributed by atoms with van der Waals surface area (Å²) < 4.78 is 0. The lowest BCUT2D eigenvalue weighted by atomic mass is 9.93. The van der Waals surface area contributed by atoms with Crippen LogP contribution in [-0.2, 0) is 14.4 Å². The van der Waals surface area contributed by atoms with E-state index in [1.54, 1.807) is 6.07 Å². The van der Waals surface area contributed by atoms with Gasteiger partial charge < -0.3 is 5.32 Å². The van der Waals surface area contributed by atoms with Crippen molar-refractivity contribution < 1.29 is 19.2 Å². The molecule has 7 nitrogen and oxygen atoms in total. The Labute approximate surface area is 150 Å². The summed E-state index contributed by atoms with van der Waals surface area (Å²) >= 11 is 6.12. The van der Waals surface area contributed by atoms with E-state index in [2.05, 4.69) is 5.32 Å². The number of imide groups is 1. The van der Waals surface area contributed by atoms with Crippen molar-refractivity contribution in [2.75, 3.05) is 24.4 Å². The maximum absolute atomic E-state index is 12.6. The van der Waals surface area contributed by atoms with Gasteiger partial charge in [-0.15, -0.1) is 0 Å². The number of hydroxylamine groups is 2. The minimum atomic E-state index is -0.530. The first-order valence-corrected chi connectivity index (χ1v) is 8.31. The largest absolute Gasteiger partial charge is 0.345 e. The van der Waals surface area contributed by atoms with Gasteiger partial charge in [0.15, 0.2) is 0 Å². The summed E-state index contributed by atoms with van der Waals surface area (Å²) in [6, 6.07) is 4.11. The van der Waals surface area contributed by atoms with Crippen molar-refractivity contribution in [2.45, 2.75) is 25.7 Å². The van der Waals surface area contributed by atoms with Crippen molar-refractivity contribution >= 4 is 40.8 Å². The van der Waals surface area contributed by atoms with Crippen molar-refractivity contribution in [2.24, 2.45) is 0 Å². The minimum Gasteiger partial charge on any atom is -0.305 e. The summed E-state index contributed by atoms with van der Waals surface area (Å²) in [5.41, 5.74) is 1.88. The van der Waals surface area contributed by atoms with Crippen LogP contribution in [0.5, 0.6) is 0 Å². The summed E-state index contributed by atoms with van der Waals surface area (Å²) in [5.74, 6) is -0.568. The normalized spacial score (nSPS) is 17.0. The van der Waals surface area contributed by atoms with Crippen LogP contribution in [0.4, 0.5) is 16.2 Å². The molecule has 2 aliphatic rings. The summed E-state index contributed by atoms with van der Waals surface area (Å²) in [6.45, 7) is 0. The maximum atomic E-state index is 12.6. The molecule has 0 saturated heterocycles. The van der Waals surface area contributed by atoms with Crippen LogP contribution in [0.2, 0.25) is 5.02 Å². The molecule has 25 heavy (non-hydrogen) atoms. The number of amides is 4. The molecule has 0 aromatic heterocycles. The fourth-order valence-corrected chi connectivity index (χ4v) is 3.16. The van der Waals surface area contributed by atoms with E-state index in [1.165, 1.54) is 26.3 Å². The zero-order valence-corrected chi connectivity index (χ0v) is 14.7. The van der Waals surface area contributed by atoms with Gasteiger partial charge in [-0.05, 0) is 43.9 Å². The molecule has 0 saturated carbocycles. The van der Waals surface area contributed by atoms with Crippen molar-refractivity contribution in [3.63, 3.8) is 0 Å². The van der Waals surface area contributed by atoms with Crippen molar-refractivity contribution in [1.29, 1.82) is 0 Å². The van der Waals surface area contributed by atoms with E-state index in [4.69, 9.17) is 16.4 Å². The molecule has 0 spiro atoms. The molecular formula is C17H18ClN3O4. The average molecular weight is 364 g/mol. The third kappa shape index (κ3) is 3.12. The van der Waals surface area contributed by atoms with E-state index in [-0.39, 0.29) is 11.8 Å². The first kappa shape index (κ1) is 17.4. The third-order valence-electron chi connectivity index (χ3n) is 4.40. The van der Waals surface area contributed by atoms with Crippen LogP contribution < -0.4 is 10.2 Å². The molecule has 3 rings (SSSR count). The van der Waals surface area contributed by atoms with Gasteiger partial charge >= 0.3 is 6.03 Å². The lowest BCUT2D eigenvalue weighted by Crippen LogP contribution is -2.32. The van der Waals surface area contributed by atoms with Gasteiger partial charge in [-0.2, -0.15) is 0 Å². The number of nitrogens with one attached hydrogen (secondary N) is 1. The van der Waals surface area contributed by atoms with Gasteiger partial charge in [0.25, 0.3) is 11.8 Å². The molecule has 0 unspecified atom stereocenters. The summed E-state index contributed by atoms with van der Waals surface area (Å²) in [7, 11) is 2.80. The third-order valence-corrected chi connectivity index (χ3v) is 4.73. The smallest absolute Gasteiger partial charge is 0.305 e. The first-order chi connectivity index (χ1) is 11.9. The molecule has 0 radical (unpaired) electrons. The Morgan fingerprint density at radius 1 is 1.20 bits per heavy atom. The predicted octanol–water partition coefficient (Wildman–Crippen LogP) is 3.11. The number of hydrogen-bond acceptors (Lipinski definition) is 4. The number of rotatable bonds is 3. The number of benzene rings is 1. The van der Waals surface area contributed by atoms with Gasteiger partial charge in [0.1, 0.15) is 0 Å². The van der Waals surface area contributed by atoms with Crippen LogP contribution in [0, 0.1) is 0 Å². The van der Waals surface area contributed by atoms with Gasteiger partial charge in [-0.1, -0.05) is 11.6 Å². The topological polar surface area (TPSA) is 79.0 Å². The highest BCUT2D eigenvalue weighted by Gasteiger charge is 2.39. The van der Waals surface area contributed by atoms with E-state index in [0.717, 1.165) is 22.8 Å². The number of carbonyl (C=O) groups is 3. The van der Waals surface area contributed by atoms with Crippen molar-refractivity contribution in [3.05, 3.63) is 34.4 Å².